The highest BCUT2D eigenvalue weighted by molar-refractivity contribution is 7.11. The van der Waals surface area contributed by atoms with Crippen LogP contribution in [0.15, 0.2) is 22.3 Å². The lowest BCUT2D eigenvalue weighted by Gasteiger charge is -2.00. The Morgan fingerprint density at radius 3 is 3.06 bits per heavy atom. The van der Waals surface area contributed by atoms with E-state index >= 15 is 0 Å². The highest BCUT2D eigenvalue weighted by Crippen LogP contribution is 2.19. The molecule has 0 saturated heterocycles. The number of nitrogens with zero attached hydrogens (tertiary/aromatic N) is 3. The Morgan fingerprint density at radius 1 is 1.71 bits per heavy atom. The standard InChI is InChI=1S/C10H9N3O3S/c1-2-16-10(15)8(12-13-11)5-9-7(6-14)3-4-17-9/h3-6H,2H2,1H3. The van der Waals surface area contributed by atoms with Gasteiger partial charge in [-0.2, -0.15) is 0 Å². The summed E-state index contributed by atoms with van der Waals surface area (Å²) in [6.07, 6.45) is 2.01. The van der Waals surface area contributed by atoms with Crippen LogP contribution in [0.2, 0.25) is 0 Å². The van der Waals surface area contributed by atoms with Crippen molar-refractivity contribution < 1.29 is 14.3 Å². The van der Waals surface area contributed by atoms with E-state index in [-0.39, 0.29) is 12.3 Å². The maximum atomic E-state index is 11.4. The van der Waals surface area contributed by atoms with Gasteiger partial charge >= 0.3 is 5.97 Å². The quantitative estimate of drug-likeness (QED) is 0.201. The zero-order valence-electron chi connectivity index (χ0n) is 8.99. The van der Waals surface area contributed by atoms with Crippen molar-refractivity contribution in [2.24, 2.45) is 5.11 Å². The van der Waals surface area contributed by atoms with Crippen LogP contribution < -0.4 is 0 Å². The minimum absolute atomic E-state index is 0.167. The highest BCUT2D eigenvalue weighted by atomic mass is 32.1. The molecular formula is C10H9N3O3S. The molecule has 0 saturated carbocycles. The summed E-state index contributed by atoms with van der Waals surface area (Å²) >= 11 is 1.27. The first kappa shape index (κ1) is 13.0. The molecule has 7 heteroatoms. The van der Waals surface area contributed by atoms with Gasteiger partial charge in [-0.3, -0.25) is 4.79 Å². The normalized spacial score (nSPS) is 10.5. The summed E-state index contributed by atoms with van der Waals surface area (Å²) in [5, 5.41) is 4.95. The number of hydrogen-bond donors (Lipinski definition) is 0. The lowest BCUT2D eigenvalue weighted by Crippen LogP contribution is -2.05. The van der Waals surface area contributed by atoms with Gasteiger partial charge in [0.1, 0.15) is 5.70 Å². The van der Waals surface area contributed by atoms with Crippen LogP contribution in [0.4, 0.5) is 0 Å². The Labute approximate surface area is 101 Å². The number of azide groups is 1. The number of carbonyl (C=O) groups excluding carboxylic acids is 2. The van der Waals surface area contributed by atoms with Crippen molar-refractivity contribution in [2.75, 3.05) is 6.61 Å². The average Bonchev–Trinajstić information content (AvgIpc) is 2.76. The van der Waals surface area contributed by atoms with Gasteiger partial charge in [0.25, 0.3) is 0 Å². The molecule has 0 aliphatic carbocycles. The van der Waals surface area contributed by atoms with Gasteiger partial charge in [-0.05, 0) is 30.0 Å². The number of rotatable bonds is 5. The molecule has 17 heavy (non-hydrogen) atoms. The molecule has 1 aromatic rings. The van der Waals surface area contributed by atoms with Crippen LogP contribution in [0.3, 0.4) is 0 Å². The van der Waals surface area contributed by atoms with Gasteiger partial charge in [0.15, 0.2) is 6.29 Å². The fraction of sp³-hybridized carbons (Fsp3) is 0.200. The minimum atomic E-state index is -0.712. The fourth-order valence-electron chi connectivity index (χ4n) is 1.05. The molecule has 0 spiro atoms. The zero-order valence-corrected chi connectivity index (χ0v) is 9.81. The summed E-state index contributed by atoms with van der Waals surface area (Å²) in [5.41, 5.74) is 8.62. The molecule has 1 rings (SSSR count). The van der Waals surface area contributed by atoms with Crippen LogP contribution in [-0.2, 0) is 9.53 Å². The van der Waals surface area contributed by atoms with E-state index in [4.69, 9.17) is 10.3 Å². The molecule has 0 fully saturated rings. The Kier molecular flexibility index (Phi) is 4.93. The molecule has 1 aromatic heterocycles. The Bertz CT molecular complexity index is 501. The first-order valence-electron chi connectivity index (χ1n) is 4.69. The summed E-state index contributed by atoms with van der Waals surface area (Å²) in [7, 11) is 0. The minimum Gasteiger partial charge on any atom is -0.462 e. The Balaban J connectivity index is 3.10. The van der Waals surface area contributed by atoms with Crippen molar-refractivity contribution in [3.63, 3.8) is 0 Å². The van der Waals surface area contributed by atoms with Crippen molar-refractivity contribution in [2.45, 2.75) is 6.92 Å². The summed E-state index contributed by atoms with van der Waals surface area (Å²) in [5.74, 6) is -0.712. The first-order valence-corrected chi connectivity index (χ1v) is 5.57. The smallest absolute Gasteiger partial charge is 0.340 e. The second-order valence-corrected chi connectivity index (χ2v) is 3.75. The molecule has 0 aliphatic heterocycles. The third kappa shape index (κ3) is 3.44. The van der Waals surface area contributed by atoms with E-state index in [9.17, 15) is 9.59 Å². The van der Waals surface area contributed by atoms with Gasteiger partial charge in [0, 0.05) is 15.4 Å². The molecule has 0 atom stereocenters. The molecule has 0 N–H and O–H groups in total. The van der Waals surface area contributed by atoms with Gasteiger partial charge in [0.2, 0.25) is 0 Å². The van der Waals surface area contributed by atoms with Crippen LogP contribution in [0.5, 0.6) is 0 Å². The van der Waals surface area contributed by atoms with Crippen LogP contribution >= 0.6 is 11.3 Å². The number of thiophene rings is 1. The molecule has 0 aliphatic rings. The van der Waals surface area contributed by atoms with Crippen LogP contribution in [0.1, 0.15) is 22.2 Å². The topological polar surface area (TPSA) is 92.1 Å². The Hall–Kier alpha value is -2.11. The predicted octanol–water partition coefficient (Wildman–Crippen LogP) is 2.77. The molecule has 0 radical (unpaired) electrons. The van der Waals surface area contributed by atoms with Gasteiger partial charge in [0.05, 0.1) is 6.61 Å². The van der Waals surface area contributed by atoms with Gasteiger partial charge in [-0.1, -0.05) is 5.11 Å². The van der Waals surface area contributed by atoms with Gasteiger partial charge in [-0.15, -0.1) is 11.3 Å². The van der Waals surface area contributed by atoms with Crippen molar-refractivity contribution in [3.05, 3.63) is 38.0 Å². The maximum absolute atomic E-state index is 11.4. The molecule has 0 bridgehead atoms. The van der Waals surface area contributed by atoms with Gasteiger partial charge in [-0.25, -0.2) is 4.79 Å². The lowest BCUT2D eigenvalue weighted by molar-refractivity contribution is -0.138. The number of carbonyl (C=O) groups is 2. The molecule has 0 unspecified atom stereocenters. The fourth-order valence-corrected chi connectivity index (χ4v) is 1.84. The van der Waals surface area contributed by atoms with Crippen molar-refractivity contribution in [1.29, 1.82) is 0 Å². The summed E-state index contributed by atoms with van der Waals surface area (Å²) in [6.45, 7) is 1.83. The number of aldehydes is 1. The number of ether oxygens (including phenoxy) is 1. The van der Waals surface area contributed by atoms with Crippen LogP contribution in [0, 0.1) is 0 Å². The molecule has 0 aromatic carbocycles. The van der Waals surface area contributed by atoms with E-state index in [0.29, 0.717) is 16.7 Å². The largest absolute Gasteiger partial charge is 0.462 e. The molecule has 0 amide bonds. The second kappa shape index (κ2) is 6.47. The summed E-state index contributed by atoms with van der Waals surface area (Å²) in [4.78, 5) is 25.2. The van der Waals surface area contributed by atoms with Crippen LogP contribution in [-0.4, -0.2) is 18.9 Å². The summed E-state index contributed by atoms with van der Waals surface area (Å²) in [6, 6.07) is 1.61. The maximum Gasteiger partial charge on any atom is 0.340 e. The Morgan fingerprint density at radius 2 is 2.47 bits per heavy atom. The molecular weight excluding hydrogens is 242 g/mol. The average molecular weight is 251 g/mol. The monoisotopic (exact) mass is 251 g/mol. The van der Waals surface area contributed by atoms with Crippen LogP contribution in [0.25, 0.3) is 16.5 Å². The van der Waals surface area contributed by atoms with E-state index in [0.717, 1.165) is 0 Å². The van der Waals surface area contributed by atoms with E-state index in [1.165, 1.54) is 17.4 Å². The zero-order chi connectivity index (χ0) is 12.7. The summed E-state index contributed by atoms with van der Waals surface area (Å²) < 4.78 is 4.72. The highest BCUT2D eigenvalue weighted by Gasteiger charge is 2.10. The number of esters is 1. The number of hydrogen-bond acceptors (Lipinski definition) is 5. The third-order valence-electron chi connectivity index (χ3n) is 1.76. The van der Waals surface area contributed by atoms with Gasteiger partial charge < -0.3 is 4.74 Å². The van der Waals surface area contributed by atoms with Crippen molar-refractivity contribution >= 4 is 29.7 Å². The van der Waals surface area contributed by atoms with Crippen molar-refractivity contribution in [1.82, 2.24) is 0 Å². The first-order chi connectivity index (χ1) is 8.22. The van der Waals surface area contributed by atoms with E-state index in [2.05, 4.69) is 10.0 Å². The second-order valence-electron chi connectivity index (χ2n) is 2.80. The lowest BCUT2D eigenvalue weighted by atomic mass is 10.2. The van der Waals surface area contributed by atoms with E-state index < -0.39 is 5.97 Å². The predicted molar refractivity (Wildman–Crippen MR) is 63.5 cm³/mol. The molecule has 1 heterocycles. The van der Waals surface area contributed by atoms with Crippen molar-refractivity contribution in [3.8, 4) is 0 Å². The molecule has 88 valence electrons. The van der Waals surface area contributed by atoms with E-state index in [1.54, 1.807) is 18.4 Å². The van der Waals surface area contributed by atoms with E-state index in [1.807, 2.05) is 0 Å². The molecule has 6 nitrogen and oxygen atoms in total. The third-order valence-corrected chi connectivity index (χ3v) is 2.64. The SMILES string of the molecule is CCOC(=O)C(=Cc1sccc1C=O)N=[N+]=[N-].